The van der Waals surface area contributed by atoms with Crippen LogP contribution >= 0.6 is 0 Å². The number of hydrogen-bond donors (Lipinski definition) is 3. The number of carbonyl (C=O) groups excluding carboxylic acids is 2. The van der Waals surface area contributed by atoms with E-state index in [-0.39, 0.29) is 12.5 Å². The fraction of sp³-hybridized carbons (Fsp3) is 0.308. The molecule has 1 aliphatic carbocycles. The molecule has 2 unspecified atom stereocenters. The van der Waals surface area contributed by atoms with Crippen LogP contribution in [0.2, 0.25) is 0 Å². The van der Waals surface area contributed by atoms with Crippen molar-refractivity contribution in [1.82, 2.24) is 0 Å². The Labute approximate surface area is 114 Å². The average Bonchev–Trinajstić information content (AvgIpc) is 3.17. The Morgan fingerprint density at radius 3 is 2.70 bits per heavy atom. The van der Waals surface area contributed by atoms with E-state index in [0.29, 0.717) is 17.9 Å². The molecule has 106 valence electrons. The van der Waals surface area contributed by atoms with Gasteiger partial charge in [-0.1, -0.05) is 6.07 Å². The van der Waals surface area contributed by atoms with Gasteiger partial charge in [-0.25, -0.2) is 0 Å². The Balaban J connectivity index is 1.93. The van der Waals surface area contributed by atoms with Gasteiger partial charge in [0.2, 0.25) is 5.91 Å². The second-order valence-electron chi connectivity index (χ2n) is 4.56. The van der Waals surface area contributed by atoms with E-state index in [2.05, 4.69) is 5.32 Å². The molecule has 7 heteroatoms. The summed E-state index contributed by atoms with van der Waals surface area (Å²) in [5.74, 6) is -2.56. The van der Waals surface area contributed by atoms with Gasteiger partial charge in [-0.3, -0.25) is 14.4 Å². The molecule has 2 amide bonds. The van der Waals surface area contributed by atoms with E-state index in [9.17, 15) is 14.4 Å². The lowest BCUT2D eigenvalue weighted by Crippen LogP contribution is -2.20. The molecule has 2 atom stereocenters. The smallest absolute Gasteiger partial charge is 0.307 e. The summed E-state index contributed by atoms with van der Waals surface area (Å²) in [7, 11) is 0. The fourth-order valence-corrected chi connectivity index (χ4v) is 1.81. The number of hydrogen-bond acceptors (Lipinski definition) is 4. The zero-order valence-electron chi connectivity index (χ0n) is 10.5. The third kappa shape index (κ3) is 3.47. The van der Waals surface area contributed by atoms with Gasteiger partial charge in [0.15, 0.2) is 6.61 Å². The lowest BCUT2D eigenvalue weighted by atomic mass is 10.2. The number of amides is 2. The zero-order valence-corrected chi connectivity index (χ0v) is 10.5. The Hall–Kier alpha value is -2.57. The summed E-state index contributed by atoms with van der Waals surface area (Å²) in [5, 5.41) is 11.4. The summed E-state index contributed by atoms with van der Waals surface area (Å²) in [6.07, 6.45) is 0.360. The van der Waals surface area contributed by atoms with Crippen molar-refractivity contribution in [2.24, 2.45) is 17.6 Å². The normalized spacial score (nSPS) is 20.0. The minimum Gasteiger partial charge on any atom is -0.484 e. The average molecular weight is 278 g/mol. The number of anilines is 1. The molecule has 0 aliphatic heterocycles. The predicted molar refractivity (Wildman–Crippen MR) is 69.0 cm³/mol. The highest BCUT2D eigenvalue weighted by Crippen LogP contribution is 2.39. The maximum Gasteiger partial charge on any atom is 0.307 e. The molecule has 0 radical (unpaired) electrons. The van der Waals surface area contributed by atoms with Crippen LogP contribution in [0.25, 0.3) is 0 Å². The van der Waals surface area contributed by atoms with E-state index in [1.807, 2.05) is 0 Å². The number of nitrogens with one attached hydrogen (secondary N) is 1. The quantitative estimate of drug-likeness (QED) is 0.687. The maximum absolute atomic E-state index is 11.8. The Bertz CT molecular complexity index is 557. The van der Waals surface area contributed by atoms with Gasteiger partial charge < -0.3 is 20.9 Å². The van der Waals surface area contributed by atoms with Crippen molar-refractivity contribution in [3.8, 4) is 5.75 Å². The highest BCUT2D eigenvalue weighted by Gasteiger charge is 2.48. The van der Waals surface area contributed by atoms with Gasteiger partial charge in [0.05, 0.1) is 11.8 Å². The highest BCUT2D eigenvalue weighted by molar-refractivity contribution is 5.98. The molecule has 0 saturated heterocycles. The van der Waals surface area contributed by atoms with E-state index in [0.717, 1.165) is 0 Å². The van der Waals surface area contributed by atoms with E-state index >= 15 is 0 Å². The van der Waals surface area contributed by atoms with Gasteiger partial charge in [0.1, 0.15) is 5.75 Å². The van der Waals surface area contributed by atoms with E-state index in [1.165, 1.54) is 0 Å². The summed E-state index contributed by atoms with van der Waals surface area (Å²) >= 11 is 0. The van der Waals surface area contributed by atoms with Gasteiger partial charge in [-0.2, -0.15) is 0 Å². The van der Waals surface area contributed by atoms with Gasteiger partial charge >= 0.3 is 5.97 Å². The van der Waals surface area contributed by atoms with Crippen molar-refractivity contribution in [2.45, 2.75) is 6.42 Å². The van der Waals surface area contributed by atoms with E-state index in [1.54, 1.807) is 24.3 Å². The van der Waals surface area contributed by atoms with Crippen LogP contribution in [-0.2, 0) is 14.4 Å². The van der Waals surface area contributed by atoms with Crippen LogP contribution in [0.15, 0.2) is 24.3 Å². The molecule has 0 heterocycles. The molecule has 7 nitrogen and oxygen atoms in total. The number of carboxylic acid groups (broad SMARTS) is 1. The molecule has 1 aromatic rings. The molecule has 0 aromatic heterocycles. The van der Waals surface area contributed by atoms with Crippen molar-refractivity contribution >= 4 is 23.5 Å². The first-order valence-corrected chi connectivity index (χ1v) is 6.02. The topological polar surface area (TPSA) is 119 Å². The van der Waals surface area contributed by atoms with E-state index < -0.39 is 23.7 Å². The number of aliphatic carboxylic acids is 1. The number of ether oxygens (including phenoxy) is 1. The minimum atomic E-state index is -0.955. The number of benzene rings is 1. The highest BCUT2D eigenvalue weighted by atomic mass is 16.5. The van der Waals surface area contributed by atoms with Crippen molar-refractivity contribution in [3.63, 3.8) is 0 Å². The van der Waals surface area contributed by atoms with Crippen LogP contribution in [0.5, 0.6) is 5.75 Å². The fourth-order valence-electron chi connectivity index (χ4n) is 1.81. The molecule has 0 bridgehead atoms. The Kier molecular flexibility index (Phi) is 3.88. The van der Waals surface area contributed by atoms with Crippen LogP contribution in [-0.4, -0.2) is 29.5 Å². The molecule has 0 spiro atoms. The molecule has 2 rings (SSSR count). The molecule has 1 aromatic carbocycles. The first-order valence-electron chi connectivity index (χ1n) is 6.02. The van der Waals surface area contributed by atoms with Crippen molar-refractivity contribution in [3.05, 3.63) is 24.3 Å². The van der Waals surface area contributed by atoms with Crippen LogP contribution < -0.4 is 15.8 Å². The largest absolute Gasteiger partial charge is 0.484 e. The summed E-state index contributed by atoms with van der Waals surface area (Å²) in [6.45, 7) is -0.249. The molecule has 1 fully saturated rings. The Morgan fingerprint density at radius 2 is 2.10 bits per heavy atom. The summed E-state index contributed by atoms with van der Waals surface area (Å²) in [6, 6.07) is 6.45. The van der Waals surface area contributed by atoms with Crippen LogP contribution in [0.3, 0.4) is 0 Å². The van der Waals surface area contributed by atoms with Crippen LogP contribution in [0.1, 0.15) is 6.42 Å². The maximum atomic E-state index is 11.8. The lowest BCUT2D eigenvalue weighted by Gasteiger charge is -2.07. The second-order valence-corrected chi connectivity index (χ2v) is 4.56. The third-order valence-corrected chi connectivity index (χ3v) is 2.93. The van der Waals surface area contributed by atoms with Crippen LogP contribution in [0.4, 0.5) is 5.69 Å². The number of primary amides is 1. The second kappa shape index (κ2) is 5.60. The minimum absolute atomic E-state index is 0.249. The molecule has 20 heavy (non-hydrogen) atoms. The molecular formula is C13H14N2O5. The molecular weight excluding hydrogens is 264 g/mol. The first-order chi connectivity index (χ1) is 9.47. The monoisotopic (exact) mass is 278 g/mol. The Morgan fingerprint density at radius 1 is 1.35 bits per heavy atom. The zero-order chi connectivity index (χ0) is 14.7. The molecule has 4 N–H and O–H groups in total. The number of rotatable bonds is 6. The predicted octanol–water partition coefficient (Wildman–Crippen LogP) is 0.210. The van der Waals surface area contributed by atoms with Crippen LogP contribution in [0, 0.1) is 11.8 Å². The van der Waals surface area contributed by atoms with Gasteiger partial charge in [0.25, 0.3) is 5.91 Å². The summed E-state index contributed by atoms with van der Waals surface area (Å²) in [5.41, 5.74) is 5.44. The SMILES string of the molecule is NC(=O)COc1cccc(NC(=O)C2CC2C(=O)O)c1. The third-order valence-electron chi connectivity index (χ3n) is 2.93. The summed E-state index contributed by atoms with van der Waals surface area (Å²) < 4.78 is 5.11. The molecule has 1 aliphatic rings. The number of nitrogens with two attached hydrogens (primary N) is 1. The van der Waals surface area contributed by atoms with Gasteiger partial charge in [-0.05, 0) is 18.6 Å². The lowest BCUT2D eigenvalue weighted by molar-refractivity contribution is -0.139. The number of carboxylic acids is 1. The van der Waals surface area contributed by atoms with Crippen molar-refractivity contribution < 1.29 is 24.2 Å². The standard InChI is InChI=1S/C13H14N2O5/c14-11(16)6-20-8-3-1-2-7(4-8)15-12(17)9-5-10(9)13(18)19/h1-4,9-10H,5-6H2,(H2,14,16)(H,15,17)(H,18,19). The molecule has 1 saturated carbocycles. The summed E-state index contributed by atoms with van der Waals surface area (Å²) in [4.78, 5) is 33.1. The van der Waals surface area contributed by atoms with Crippen molar-refractivity contribution in [1.29, 1.82) is 0 Å². The van der Waals surface area contributed by atoms with Crippen molar-refractivity contribution in [2.75, 3.05) is 11.9 Å². The first kappa shape index (κ1) is 13.9. The van der Waals surface area contributed by atoms with Gasteiger partial charge in [0, 0.05) is 11.8 Å². The van der Waals surface area contributed by atoms with E-state index in [4.69, 9.17) is 15.6 Å². The number of carbonyl (C=O) groups is 3. The van der Waals surface area contributed by atoms with Gasteiger partial charge in [-0.15, -0.1) is 0 Å².